The van der Waals surface area contributed by atoms with Gasteiger partial charge in [0.15, 0.2) is 5.78 Å². The van der Waals surface area contributed by atoms with Crippen molar-refractivity contribution in [2.24, 2.45) is 0 Å². The maximum Gasteiger partial charge on any atom is 0.162 e. The summed E-state index contributed by atoms with van der Waals surface area (Å²) in [4.78, 5) is 11.4. The number of carbonyl (C=O) groups is 1. The molecule has 0 heterocycles. The first-order valence-electron chi connectivity index (χ1n) is 4.16. The van der Waals surface area contributed by atoms with Gasteiger partial charge in [-0.2, -0.15) is 0 Å². The molecule has 2 nitrogen and oxygen atoms in total. The number of nitrogen functional groups attached to an aromatic ring is 1. The Kier molecular flexibility index (Phi) is 3.32. The van der Waals surface area contributed by atoms with Crippen LogP contribution in [0.15, 0.2) is 18.2 Å². The van der Waals surface area contributed by atoms with Crippen LogP contribution in [0.2, 0.25) is 0 Å². The topological polar surface area (TPSA) is 43.1 Å². The number of anilines is 1. The number of halogens is 1. The lowest BCUT2D eigenvalue weighted by atomic mass is 10.0. The molecule has 1 rings (SSSR count). The van der Waals surface area contributed by atoms with Crippen molar-refractivity contribution in [3.05, 3.63) is 29.3 Å². The van der Waals surface area contributed by atoms with E-state index in [-0.39, 0.29) is 5.78 Å². The number of benzene rings is 1. The van der Waals surface area contributed by atoms with Crippen LogP contribution in [0.1, 0.15) is 29.3 Å². The van der Waals surface area contributed by atoms with E-state index in [0.717, 1.165) is 5.56 Å². The van der Waals surface area contributed by atoms with E-state index in [4.69, 9.17) is 17.3 Å². The van der Waals surface area contributed by atoms with E-state index < -0.39 is 0 Å². The molecule has 0 saturated heterocycles. The first-order chi connectivity index (χ1) is 6.19. The number of nitrogens with two attached hydrogens (primary N) is 1. The van der Waals surface area contributed by atoms with Crippen LogP contribution < -0.4 is 5.73 Å². The van der Waals surface area contributed by atoms with Crippen molar-refractivity contribution in [1.29, 1.82) is 0 Å². The summed E-state index contributed by atoms with van der Waals surface area (Å²) < 4.78 is 0. The number of alkyl halides is 1. The third-order valence-electron chi connectivity index (χ3n) is 1.89. The number of carbonyl (C=O) groups excluding carboxylic acids is 1. The highest BCUT2D eigenvalue weighted by molar-refractivity contribution is 6.18. The van der Waals surface area contributed by atoms with Crippen LogP contribution in [0.5, 0.6) is 0 Å². The summed E-state index contributed by atoms with van der Waals surface area (Å²) >= 11 is 5.70. The Labute approximate surface area is 82.7 Å². The lowest BCUT2D eigenvalue weighted by Crippen LogP contribution is -2.02. The van der Waals surface area contributed by atoms with E-state index in [9.17, 15) is 4.79 Å². The SMILES string of the molecule is CCC(=O)c1ccc(N)cc1CCl. The smallest absolute Gasteiger partial charge is 0.162 e. The fourth-order valence-corrected chi connectivity index (χ4v) is 1.41. The molecule has 1 aromatic rings. The second kappa shape index (κ2) is 4.28. The fraction of sp³-hybridized carbons (Fsp3) is 0.300. The first kappa shape index (κ1) is 10.1. The summed E-state index contributed by atoms with van der Waals surface area (Å²) in [6, 6.07) is 5.20. The molecule has 0 aromatic heterocycles. The number of Topliss-reactive ketones (excluding diaryl/α,β-unsaturated/α-hetero) is 1. The molecule has 0 spiro atoms. The zero-order valence-corrected chi connectivity index (χ0v) is 8.27. The molecule has 0 saturated carbocycles. The fourth-order valence-electron chi connectivity index (χ4n) is 1.19. The normalized spacial score (nSPS) is 10.0. The summed E-state index contributed by atoms with van der Waals surface area (Å²) in [5, 5.41) is 0. The van der Waals surface area contributed by atoms with Crippen LogP contribution in [-0.2, 0) is 5.88 Å². The van der Waals surface area contributed by atoms with Gasteiger partial charge in [0, 0.05) is 23.6 Å². The largest absolute Gasteiger partial charge is 0.399 e. The van der Waals surface area contributed by atoms with Crippen molar-refractivity contribution in [2.45, 2.75) is 19.2 Å². The number of hydrogen-bond acceptors (Lipinski definition) is 2. The molecule has 0 amide bonds. The average Bonchev–Trinajstić information content (AvgIpc) is 2.16. The molecule has 0 unspecified atom stereocenters. The Morgan fingerprint density at radius 2 is 2.23 bits per heavy atom. The summed E-state index contributed by atoms with van der Waals surface area (Å²) in [6.07, 6.45) is 0.494. The summed E-state index contributed by atoms with van der Waals surface area (Å²) in [6.45, 7) is 1.83. The van der Waals surface area contributed by atoms with Gasteiger partial charge in [-0.05, 0) is 23.8 Å². The van der Waals surface area contributed by atoms with Gasteiger partial charge in [-0.25, -0.2) is 0 Å². The summed E-state index contributed by atoms with van der Waals surface area (Å²) in [5.41, 5.74) is 7.72. The molecule has 0 radical (unpaired) electrons. The summed E-state index contributed by atoms with van der Waals surface area (Å²) in [7, 11) is 0. The van der Waals surface area contributed by atoms with Crippen LogP contribution in [-0.4, -0.2) is 5.78 Å². The number of hydrogen-bond donors (Lipinski definition) is 1. The van der Waals surface area contributed by atoms with Crippen LogP contribution in [0.3, 0.4) is 0 Å². The molecule has 2 N–H and O–H groups in total. The second-order valence-electron chi connectivity index (χ2n) is 2.83. The maximum atomic E-state index is 11.4. The van der Waals surface area contributed by atoms with Gasteiger partial charge in [0.25, 0.3) is 0 Å². The molecule has 0 aliphatic rings. The number of ketones is 1. The molecule has 1 aromatic carbocycles. The van der Waals surface area contributed by atoms with E-state index in [2.05, 4.69) is 0 Å². The average molecular weight is 198 g/mol. The minimum atomic E-state index is 0.107. The van der Waals surface area contributed by atoms with Gasteiger partial charge in [-0.1, -0.05) is 6.92 Å². The van der Waals surface area contributed by atoms with Gasteiger partial charge in [-0.15, -0.1) is 11.6 Å². The lowest BCUT2D eigenvalue weighted by Gasteiger charge is -2.05. The molecular formula is C10H12ClNO. The van der Waals surface area contributed by atoms with Crippen molar-refractivity contribution in [3.8, 4) is 0 Å². The molecule has 13 heavy (non-hydrogen) atoms. The quantitative estimate of drug-likeness (QED) is 0.460. The van der Waals surface area contributed by atoms with E-state index in [1.165, 1.54) is 0 Å². The predicted octanol–water partition coefficient (Wildman–Crippen LogP) is 2.60. The Morgan fingerprint density at radius 1 is 1.54 bits per heavy atom. The van der Waals surface area contributed by atoms with Crippen molar-refractivity contribution >= 4 is 23.1 Å². The van der Waals surface area contributed by atoms with Gasteiger partial charge in [0.2, 0.25) is 0 Å². The minimum Gasteiger partial charge on any atom is -0.399 e. The Hall–Kier alpha value is -1.02. The van der Waals surface area contributed by atoms with Gasteiger partial charge in [-0.3, -0.25) is 4.79 Å². The summed E-state index contributed by atoms with van der Waals surface area (Å²) in [5.74, 6) is 0.433. The standard InChI is InChI=1S/C10H12ClNO/c1-2-10(13)9-4-3-8(12)5-7(9)6-11/h3-5H,2,6,12H2,1H3. The minimum absolute atomic E-state index is 0.107. The van der Waals surface area contributed by atoms with Gasteiger partial charge in [0.05, 0.1) is 0 Å². The highest BCUT2D eigenvalue weighted by Crippen LogP contribution is 2.17. The van der Waals surface area contributed by atoms with Crippen molar-refractivity contribution in [3.63, 3.8) is 0 Å². The molecule has 70 valence electrons. The van der Waals surface area contributed by atoms with Gasteiger partial charge in [0.1, 0.15) is 0 Å². The first-order valence-corrected chi connectivity index (χ1v) is 4.70. The van der Waals surface area contributed by atoms with E-state index in [1.807, 2.05) is 6.92 Å². The van der Waals surface area contributed by atoms with Crippen LogP contribution in [0.4, 0.5) is 5.69 Å². The third-order valence-corrected chi connectivity index (χ3v) is 2.18. The Balaban J connectivity index is 3.13. The molecule has 3 heteroatoms. The van der Waals surface area contributed by atoms with E-state index >= 15 is 0 Å². The second-order valence-corrected chi connectivity index (χ2v) is 3.09. The van der Waals surface area contributed by atoms with Crippen molar-refractivity contribution in [1.82, 2.24) is 0 Å². The van der Waals surface area contributed by atoms with Crippen molar-refractivity contribution in [2.75, 3.05) is 5.73 Å². The monoisotopic (exact) mass is 197 g/mol. The Morgan fingerprint density at radius 3 is 2.77 bits per heavy atom. The van der Waals surface area contributed by atoms with Gasteiger partial charge >= 0.3 is 0 Å². The highest BCUT2D eigenvalue weighted by atomic mass is 35.5. The molecule has 0 aliphatic carbocycles. The third kappa shape index (κ3) is 2.22. The van der Waals surface area contributed by atoms with Crippen LogP contribution >= 0.6 is 11.6 Å². The maximum absolute atomic E-state index is 11.4. The van der Waals surface area contributed by atoms with E-state index in [0.29, 0.717) is 23.6 Å². The van der Waals surface area contributed by atoms with E-state index in [1.54, 1.807) is 18.2 Å². The number of rotatable bonds is 3. The molecule has 0 bridgehead atoms. The zero-order chi connectivity index (χ0) is 9.84. The van der Waals surface area contributed by atoms with Gasteiger partial charge < -0.3 is 5.73 Å². The highest BCUT2D eigenvalue weighted by Gasteiger charge is 2.08. The Bertz CT molecular complexity index is 323. The molecule has 0 fully saturated rings. The molecule has 0 aliphatic heterocycles. The molecular weight excluding hydrogens is 186 g/mol. The van der Waals surface area contributed by atoms with Crippen LogP contribution in [0.25, 0.3) is 0 Å². The molecule has 0 atom stereocenters. The van der Waals surface area contributed by atoms with Crippen LogP contribution in [0, 0.1) is 0 Å². The predicted molar refractivity (Wildman–Crippen MR) is 55.0 cm³/mol. The van der Waals surface area contributed by atoms with Crippen molar-refractivity contribution < 1.29 is 4.79 Å². The lowest BCUT2D eigenvalue weighted by molar-refractivity contribution is 0.0987. The zero-order valence-electron chi connectivity index (χ0n) is 7.51.